The molecular formula is C25H30N2O3. The van der Waals surface area contributed by atoms with Gasteiger partial charge in [-0.3, -0.25) is 9.59 Å². The van der Waals surface area contributed by atoms with E-state index in [1.54, 1.807) is 11.0 Å². The van der Waals surface area contributed by atoms with E-state index in [1.807, 2.05) is 79.5 Å². The van der Waals surface area contributed by atoms with E-state index in [0.717, 1.165) is 16.9 Å². The van der Waals surface area contributed by atoms with Gasteiger partial charge in [-0.2, -0.15) is 0 Å². The van der Waals surface area contributed by atoms with Gasteiger partial charge in [-0.15, -0.1) is 0 Å². The third kappa shape index (κ3) is 5.96. The van der Waals surface area contributed by atoms with Crippen molar-refractivity contribution < 1.29 is 14.3 Å². The monoisotopic (exact) mass is 406 g/mol. The highest BCUT2D eigenvalue weighted by atomic mass is 16.5. The van der Waals surface area contributed by atoms with Crippen LogP contribution >= 0.6 is 0 Å². The second-order valence-corrected chi connectivity index (χ2v) is 7.61. The molecule has 0 atom stereocenters. The molecule has 0 aromatic heterocycles. The lowest BCUT2D eigenvalue weighted by Gasteiger charge is -2.32. The van der Waals surface area contributed by atoms with Crippen molar-refractivity contribution in [3.8, 4) is 5.75 Å². The topological polar surface area (TPSA) is 49.9 Å². The van der Waals surface area contributed by atoms with Crippen molar-refractivity contribution in [3.63, 3.8) is 0 Å². The van der Waals surface area contributed by atoms with Crippen LogP contribution in [0.25, 0.3) is 6.08 Å². The summed E-state index contributed by atoms with van der Waals surface area (Å²) in [7, 11) is 1.85. The average Bonchev–Trinajstić information content (AvgIpc) is 2.79. The normalized spacial score (nSPS) is 14.7. The van der Waals surface area contributed by atoms with Gasteiger partial charge < -0.3 is 14.5 Å². The number of carbonyl (C=O) groups excluding carboxylic acids is 2. The zero-order valence-electron chi connectivity index (χ0n) is 17.8. The van der Waals surface area contributed by atoms with E-state index in [9.17, 15) is 9.59 Å². The summed E-state index contributed by atoms with van der Waals surface area (Å²) in [5, 5.41) is 0. The average molecular weight is 407 g/mol. The number of hydrogen-bond acceptors (Lipinski definition) is 3. The van der Waals surface area contributed by atoms with Crippen LogP contribution in [0.5, 0.6) is 5.75 Å². The van der Waals surface area contributed by atoms with Crippen LogP contribution in [0.2, 0.25) is 0 Å². The first-order chi connectivity index (χ1) is 14.6. The summed E-state index contributed by atoms with van der Waals surface area (Å²) in [5.41, 5.74) is 2.08. The van der Waals surface area contributed by atoms with Gasteiger partial charge in [0.2, 0.25) is 11.8 Å². The fraction of sp³-hybridized carbons (Fsp3) is 0.360. The molecule has 1 aliphatic rings. The standard InChI is InChI=1S/C25H30N2O3/c1-3-30-23-12-9-21(10-13-23)19-26(2)25(29)22-15-17-27(18-16-22)24(28)14-11-20-7-5-4-6-8-20/h4-14,22H,3,15-19H2,1-2H3/b14-11+. The maximum absolute atomic E-state index is 12.8. The van der Waals surface area contributed by atoms with E-state index in [4.69, 9.17) is 4.74 Å². The molecule has 2 aromatic rings. The van der Waals surface area contributed by atoms with Gasteiger partial charge in [0.25, 0.3) is 0 Å². The van der Waals surface area contributed by atoms with Crippen molar-refractivity contribution in [2.45, 2.75) is 26.3 Å². The van der Waals surface area contributed by atoms with Gasteiger partial charge >= 0.3 is 0 Å². The second-order valence-electron chi connectivity index (χ2n) is 7.61. The first-order valence-electron chi connectivity index (χ1n) is 10.6. The van der Waals surface area contributed by atoms with Crippen molar-refractivity contribution in [1.82, 2.24) is 9.80 Å². The smallest absolute Gasteiger partial charge is 0.246 e. The Labute approximate surface area is 178 Å². The zero-order chi connectivity index (χ0) is 21.3. The van der Waals surface area contributed by atoms with E-state index in [1.165, 1.54) is 0 Å². The largest absolute Gasteiger partial charge is 0.494 e. The molecule has 2 aromatic carbocycles. The molecule has 2 amide bonds. The summed E-state index contributed by atoms with van der Waals surface area (Å²) in [5.74, 6) is 0.969. The zero-order valence-corrected chi connectivity index (χ0v) is 17.8. The molecule has 0 N–H and O–H groups in total. The Morgan fingerprint density at radius 2 is 1.73 bits per heavy atom. The molecule has 0 aliphatic carbocycles. The summed E-state index contributed by atoms with van der Waals surface area (Å²) >= 11 is 0. The summed E-state index contributed by atoms with van der Waals surface area (Å²) in [6, 6.07) is 17.6. The molecule has 158 valence electrons. The Bertz CT molecular complexity index is 854. The molecule has 0 unspecified atom stereocenters. The molecule has 0 bridgehead atoms. The highest BCUT2D eigenvalue weighted by molar-refractivity contribution is 5.92. The summed E-state index contributed by atoms with van der Waals surface area (Å²) in [6.07, 6.45) is 4.87. The van der Waals surface area contributed by atoms with Crippen LogP contribution in [0.3, 0.4) is 0 Å². The summed E-state index contributed by atoms with van der Waals surface area (Å²) in [4.78, 5) is 28.9. The van der Waals surface area contributed by atoms with Gasteiger partial charge in [-0.05, 0) is 49.1 Å². The molecule has 5 nitrogen and oxygen atoms in total. The quantitative estimate of drug-likeness (QED) is 0.653. The SMILES string of the molecule is CCOc1ccc(CN(C)C(=O)C2CCN(C(=O)/C=C/c3ccccc3)CC2)cc1. The van der Waals surface area contributed by atoms with Gasteiger partial charge in [0.05, 0.1) is 6.61 Å². The number of benzene rings is 2. The van der Waals surface area contributed by atoms with Crippen molar-refractivity contribution in [1.29, 1.82) is 0 Å². The van der Waals surface area contributed by atoms with Crippen LogP contribution in [-0.4, -0.2) is 48.4 Å². The number of hydrogen-bond donors (Lipinski definition) is 0. The predicted molar refractivity (Wildman–Crippen MR) is 119 cm³/mol. The maximum atomic E-state index is 12.8. The molecule has 0 saturated carbocycles. The van der Waals surface area contributed by atoms with Crippen molar-refractivity contribution in [2.24, 2.45) is 5.92 Å². The Morgan fingerprint density at radius 1 is 1.07 bits per heavy atom. The summed E-state index contributed by atoms with van der Waals surface area (Å²) in [6.45, 7) is 4.40. The number of nitrogens with zero attached hydrogens (tertiary/aromatic N) is 2. The minimum absolute atomic E-state index is 0.00694. The third-order valence-corrected chi connectivity index (χ3v) is 5.40. The highest BCUT2D eigenvalue weighted by Crippen LogP contribution is 2.21. The van der Waals surface area contributed by atoms with Gasteiger partial charge in [0.1, 0.15) is 5.75 Å². The molecule has 1 saturated heterocycles. The fourth-order valence-corrected chi connectivity index (χ4v) is 3.71. The van der Waals surface area contributed by atoms with E-state index in [2.05, 4.69) is 0 Å². The number of carbonyl (C=O) groups is 2. The minimum Gasteiger partial charge on any atom is -0.494 e. The molecule has 1 aliphatic heterocycles. The van der Waals surface area contributed by atoms with Gasteiger partial charge in [-0.25, -0.2) is 0 Å². The van der Waals surface area contributed by atoms with Crippen molar-refractivity contribution in [2.75, 3.05) is 26.7 Å². The molecular weight excluding hydrogens is 376 g/mol. The predicted octanol–water partition coefficient (Wildman–Crippen LogP) is 4.00. The molecule has 30 heavy (non-hydrogen) atoms. The third-order valence-electron chi connectivity index (χ3n) is 5.40. The van der Waals surface area contributed by atoms with Crippen LogP contribution in [-0.2, 0) is 16.1 Å². The first kappa shape index (κ1) is 21.6. The Balaban J connectivity index is 1.47. The van der Waals surface area contributed by atoms with Gasteiger partial charge in [0.15, 0.2) is 0 Å². The van der Waals surface area contributed by atoms with Crippen LogP contribution in [0.1, 0.15) is 30.9 Å². The molecule has 1 fully saturated rings. The van der Waals surface area contributed by atoms with Crippen LogP contribution < -0.4 is 4.74 Å². The molecule has 1 heterocycles. The number of piperidine rings is 1. The van der Waals surface area contributed by atoms with Crippen LogP contribution in [0.4, 0.5) is 0 Å². The number of ether oxygens (including phenoxy) is 1. The van der Waals surface area contributed by atoms with Crippen LogP contribution in [0.15, 0.2) is 60.7 Å². The lowest BCUT2D eigenvalue weighted by atomic mass is 9.95. The fourth-order valence-electron chi connectivity index (χ4n) is 3.71. The Hall–Kier alpha value is -3.08. The Kier molecular flexibility index (Phi) is 7.66. The molecule has 0 radical (unpaired) electrons. The van der Waals surface area contributed by atoms with Crippen LogP contribution in [0, 0.1) is 5.92 Å². The lowest BCUT2D eigenvalue weighted by Crippen LogP contribution is -2.42. The van der Waals surface area contributed by atoms with Gasteiger partial charge in [0, 0.05) is 38.7 Å². The molecule has 0 spiro atoms. The van der Waals surface area contributed by atoms with Crippen molar-refractivity contribution in [3.05, 3.63) is 71.8 Å². The summed E-state index contributed by atoms with van der Waals surface area (Å²) < 4.78 is 5.46. The second kappa shape index (κ2) is 10.6. The van der Waals surface area contributed by atoms with E-state index in [-0.39, 0.29) is 17.7 Å². The van der Waals surface area contributed by atoms with E-state index in [0.29, 0.717) is 39.1 Å². The highest BCUT2D eigenvalue weighted by Gasteiger charge is 2.28. The number of rotatable bonds is 7. The minimum atomic E-state index is -0.0279. The maximum Gasteiger partial charge on any atom is 0.246 e. The van der Waals surface area contributed by atoms with Crippen molar-refractivity contribution >= 4 is 17.9 Å². The first-order valence-corrected chi connectivity index (χ1v) is 10.6. The Morgan fingerprint density at radius 3 is 2.37 bits per heavy atom. The van der Waals surface area contributed by atoms with E-state index >= 15 is 0 Å². The number of likely N-dealkylation sites (tertiary alicyclic amines) is 1. The van der Waals surface area contributed by atoms with Gasteiger partial charge in [-0.1, -0.05) is 42.5 Å². The molecule has 5 heteroatoms. The number of amides is 2. The molecule has 3 rings (SSSR count). The van der Waals surface area contributed by atoms with E-state index < -0.39 is 0 Å². The lowest BCUT2D eigenvalue weighted by molar-refractivity contribution is -0.138.